The van der Waals surface area contributed by atoms with E-state index in [4.69, 9.17) is 9.72 Å². The summed E-state index contributed by atoms with van der Waals surface area (Å²) < 4.78 is 35.5. The zero-order valence-corrected chi connectivity index (χ0v) is 28.5. The zero-order chi connectivity index (χ0) is 34.2. The number of nitrogens with zero attached hydrogens (tertiary/aromatic N) is 3. The zero-order valence-electron chi connectivity index (χ0n) is 27.7. The number of hydrogen-bond donors (Lipinski definition) is 1. The Balaban J connectivity index is 1.43. The Morgan fingerprint density at radius 2 is 1.69 bits per heavy atom. The van der Waals surface area contributed by atoms with Gasteiger partial charge in [0.25, 0.3) is 0 Å². The molecule has 0 saturated carbocycles. The van der Waals surface area contributed by atoms with Crippen LogP contribution >= 0.6 is 0 Å². The molecule has 3 aromatic heterocycles. The number of ether oxygens (including phenoxy) is 1. The number of para-hydroxylation sites is 1. The molecule has 0 bridgehead atoms. The average molecular weight is 664 g/mol. The highest BCUT2D eigenvalue weighted by molar-refractivity contribution is 7.86. The van der Waals surface area contributed by atoms with E-state index in [-0.39, 0.29) is 13.0 Å². The number of aliphatic carboxylic acids is 1. The second kappa shape index (κ2) is 13.0. The number of aromatic nitrogens is 3. The number of carboxylic acid groups (broad SMARTS) is 1. The molecule has 0 aliphatic carbocycles. The van der Waals surface area contributed by atoms with Crippen LogP contribution in [0, 0.1) is 11.2 Å². The summed E-state index contributed by atoms with van der Waals surface area (Å²) in [6, 6.07) is 28.5. The third-order valence-corrected chi connectivity index (χ3v) is 10.3. The molecule has 246 valence electrons. The first kappa shape index (κ1) is 33.0. The predicted molar refractivity (Wildman–Crippen MR) is 188 cm³/mol. The molecule has 48 heavy (non-hydrogen) atoms. The Kier molecular flexibility index (Phi) is 8.92. The van der Waals surface area contributed by atoms with Crippen LogP contribution < -0.4 is 4.74 Å². The lowest BCUT2D eigenvalue weighted by atomic mass is 9.88. The lowest BCUT2D eigenvalue weighted by Crippen LogP contribution is -2.29. The van der Waals surface area contributed by atoms with Gasteiger partial charge < -0.3 is 14.4 Å². The molecule has 9 heteroatoms. The van der Waals surface area contributed by atoms with Crippen LogP contribution in [0.25, 0.3) is 33.1 Å². The van der Waals surface area contributed by atoms with Gasteiger partial charge >= 0.3 is 5.97 Å². The first-order valence-corrected chi connectivity index (χ1v) is 16.9. The van der Waals surface area contributed by atoms with Gasteiger partial charge in [-0.3, -0.25) is 14.0 Å². The van der Waals surface area contributed by atoms with Crippen LogP contribution in [0.3, 0.4) is 0 Å². The minimum atomic E-state index is -1.49. The van der Waals surface area contributed by atoms with Crippen molar-refractivity contribution in [2.45, 2.75) is 63.8 Å². The molecule has 0 aliphatic heterocycles. The molecule has 0 radical (unpaired) electrons. The molecular formula is C39H38FN3O4S. The number of fused-ring (bicyclic) bond motifs is 2. The number of rotatable bonds is 10. The van der Waals surface area contributed by atoms with E-state index >= 15 is 0 Å². The van der Waals surface area contributed by atoms with Crippen molar-refractivity contribution in [2.75, 3.05) is 0 Å². The molecular weight excluding hydrogens is 626 g/mol. The minimum Gasteiger partial charge on any atom is -0.487 e. The standard InChI is InChI=1S/C39H38FN3O4S/c1-38(2,3)48(46)36-31-20-30(47-24-29-16-14-26-8-6-7-9-33(26)42-29)17-19-34(31)43(35(36)21-39(4,5)37(44)45)23-25-10-12-27(13-11-25)32-18-15-28(40)22-41-32/h6-20,22H,21,23-24H2,1-5H3,(H,44,45). The highest BCUT2D eigenvalue weighted by Crippen LogP contribution is 2.39. The van der Waals surface area contributed by atoms with Crippen LogP contribution in [-0.4, -0.2) is 34.6 Å². The van der Waals surface area contributed by atoms with Gasteiger partial charge in [-0.2, -0.15) is 0 Å². The van der Waals surface area contributed by atoms with Crippen molar-refractivity contribution in [1.29, 1.82) is 0 Å². The van der Waals surface area contributed by atoms with Crippen molar-refractivity contribution in [1.82, 2.24) is 14.5 Å². The molecule has 7 nitrogen and oxygen atoms in total. The molecule has 3 heterocycles. The fourth-order valence-electron chi connectivity index (χ4n) is 5.67. The Hall–Kier alpha value is -4.89. The van der Waals surface area contributed by atoms with Crippen LogP contribution in [0.1, 0.15) is 51.6 Å². The molecule has 0 aliphatic rings. The maximum Gasteiger partial charge on any atom is 0.309 e. The van der Waals surface area contributed by atoms with E-state index in [0.717, 1.165) is 38.6 Å². The van der Waals surface area contributed by atoms with E-state index in [1.165, 1.54) is 12.3 Å². The summed E-state index contributed by atoms with van der Waals surface area (Å²) in [7, 11) is -1.49. The molecule has 0 spiro atoms. The monoisotopic (exact) mass is 663 g/mol. The Bertz CT molecular complexity index is 2150. The van der Waals surface area contributed by atoms with Crippen molar-refractivity contribution >= 4 is 38.6 Å². The molecule has 0 fully saturated rings. The minimum absolute atomic E-state index is 0.170. The molecule has 0 amide bonds. The predicted octanol–water partition coefficient (Wildman–Crippen LogP) is 8.58. The third-order valence-electron chi connectivity index (χ3n) is 8.38. The van der Waals surface area contributed by atoms with E-state index in [1.54, 1.807) is 19.9 Å². The van der Waals surface area contributed by atoms with Crippen LogP contribution in [-0.2, 0) is 35.2 Å². The van der Waals surface area contributed by atoms with E-state index in [9.17, 15) is 18.5 Å². The number of carbonyl (C=O) groups is 1. The van der Waals surface area contributed by atoms with Gasteiger partial charge in [-0.1, -0.05) is 48.5 Å². The number of halogens is 1. The summed E-state index contributed by atoms with van der Waals surface area (Å²) in [6.45, 7) is 9.82. The van der Waals surface area contributed by atoms with Gasteiger partial charge in [0.15, 0.2) is 0 Å². The van der Waals surface area contributed by atoms with Gasteiger partial charge in [-0.05, 0) is 82.6 Å². The van der Waals surface area contributed by atoms with Gasteiger partial charge in [0.1, 0.15) is 18.2 Å². The number of pyridine rings is 2. The smallest absolute Gasteiger partial charge is 0.309 e. The fourth-order valence-corrected chi connectivity index (χ4v) is 7.04. The molecule has 6 rings (SSSR count). The lowest BCUT2D eigenvalue weighted by Gasteiger charge is -2.24. The topological polar surface area (TPSA) is 94.3 Å². The van der Waals surface area contributed by atoms with Gasteiger partial charge in [0.2, 0.25) is 0 Å². The second-order valence-electron chi connectivity index (χ2n) is 13.6. The number of benzene rings is 3. The highest BCUT2D eigenvalue weighted by Gasteiger charge is 2.35. The quantitative estimate of drug-likeness (QED) is 0.158. The van der Waals surface area contributed by atoms with Crippen molar-refractivity contribution in [3.8, 4) is 17.0 Å². The Morgan fingerprint density at radius 3 is 2.38 bits per heavy atom. The molecule has 1 atom stereocenters. The Labute approximate surface area is 281 Å². The van der Waals surface area contributed by atoms with Gasteiger partial charge in [0, 0.05) is 39.7 Å². The van der Waals surface area contributed by atoms with Crippen molar-refractivity contribution in [2.24, 2.45) is 5.41 Å². The summed E-state index contributed by atoms with van der Waals surface area (Å²) in [6.07, 6.45) is 1.36. The highest BCUT2D eigenvalue weighted by atomic mass is 32.2. The largest absolute Gasteiger partial charge is 0.487 e. The summed E-state index contributed by atoms with van der Waals surface area (Å²) in [5.41, 5.74) is 4.57. The van der Waals surface area contributed by atoms with Crippen molar-refractivity contribution in [3.05, 3.63) is 120 Å². The molecule has 6 aromatic rings. The van der Waals surface area contributed by atoms with Crippen LogP contribution in [0.2, 0.25) is 0 Å². The molecule has 0 saturated heterocycles. The number of carboxylic acids is 1. The maximum atomic E-state index is 14.3. The first-order valence-electron chi connectivity index (χ1n) is 15.8. The van der Waals surface area contributed by atoms with Crippen molar-refractivity contribution < 1.29 is 23.2 Å². The summed E-state index contributed by atoms with van der Waals surface area (Å²) in [5.74, 6) is -0.731. The maximum absolute atomic E-state index is 14.3. The lowest BCUT2D eigenvalue weighted by molar-refractivity contribution is -0.146. The van der Waals surface area contributed by atoms with Gasteiger partial charge in [-0.25, -0.2) is 9.37 Å². The fraction of sp³-hybridized carbons (Fsp3) is 0.256. The molecule has 1 unspecified atom stereocenters. The summed E-state index contributed by atoms with van der Waals surface area (Å²) in [5, 5.41) is 12.0. The van der Waals surface area contributed by atoms with E-state index in [2.05, 4.69) is 9.55 Å². The van der Waals surface area contributed by atoms with E-state index in [1.807, 2.05) is 99.6 Å². The normalized spacial score (nSPS) is 12.8. The van der Waals surface area contributed by atoms with Crippen LogP contribution in [0.4, 0.5) is 4.39 Å². The van der Waals surface area contributed by atoms with Crippen LogP contribution in [0.5, 0.6) is 5.75 Å². The van der Waals surface area contributed by atoms with Crippen LogP contribution in [0.15, 0.2) is 102 Å². The second-order valence-corrected chi connectivity index (χ2v) is 15.8. The molecule has 1 N–H and O–H groups in total. The Morgan fingerprint density at radius 1 is 0.938 bits per heavy atom. The first-order chi connectivity index (χ1) is 22.8. The van der Waals surface area contributed by atoms with E-state index < -0.39 is 32.7 Å². The molecule has 3 aromatic carbocycles. The number of hydrogen-bond acceptors (Lipinski definition) is 5. The average Bonchev–Trinajstić information content (AvgIpc) is 3.34. The third kappa shape index (κ3) is 6.87. The SMILES string of the molecule is CC(C)(Cc1c(S(=O)C(C)(C)C)c2cc(OCc3ccc4ccccc4n3)ccc2n1Cc1ccc(-c2ccc(F)cn2)cc1)C(=O)O. The van der Waals surface area contributed by atoms with E-state index in [0.29, 0.717) is 28.6 Å². The summed E-state index contributed by atoms with van der Waals surface area (Å²) in [4.78, 5) is 21.9. The van der Waals surface area contributed by atoms with Crippen molar-refractivity contribution in [3.63, 3.8) is 0 Å². The van der Waals surface area contributed by atoms with Gasteiger partial charge in [0.05, 0.1) is 49.7 Å². The van der Waals surface area contributed by atoms with Gasteiger partial charge in [-0.15, -0.1) is 0 Å². The summed E-state index contributed by atoms with van der Waals surface area (Å²) >= 11 is 0.